The van der Waals surface area contributed by atoms with Gasteiger partial charge in [0, 0.05) is 13.1 Å². The van der Waals surface area contributed by atoms with E-state index in [1.54, 1.807) is 0 Å². The molecule has 0 spiro atoms. The summed E-state index contributed by atoms with van der Waals surface area (Å²) in [5.41, 5.74) is 1.25. The van der Waals surface area contributed by atoms with Crippen LogP contribution in [-0.4, -0.2) is 30.4 Å². The van der Waals surface area contributed by atoms with E-state index in [2.05, 4.69) is 12.1 Å². The molecule has 16 heavy (non-hydrogen) atoms. The van der Waals surface area contributed by atoms with Crippen molar-refractivity contribution < 1.29 is 13.0 Å². The standard InChI is InChI=1S/C11H15NO3S/c13-16(14,15)12-8-6-11(7-9-12)10-4-2-1-3-5-10/h1-5,11H,6-9H2,(H,13,14,15). The van der Waals surface area contributed by atoms with Crippen LogP contribution in [0.1, 0.15) is 24.3 Å². The molecule has 88 valence electrons. The molecule has 5 heteroatoms. The molecular weight excluding hydrogens is 226 g/mol. The molecule has 4 nitrogen and oxygen atoms in total. The van der Waals surface area contributed by atoms with Crippen molar-refractivity contribution >= 4 is 10.3 Å². The van der Waals surface area contributed by atoms with E-state index < -0.39 is 10.3 Å². The molecule has 1 aliphatic rings. The van der Waals surface area contributed by atoms with Crippen LogP contribution in [0.15, 0.2) is 30.3 Å². The first kappa shape index (κ1) is 11.6. The summed E-state index contributed by atoms with van der Waals surface area (Å²) in [6, 6.07) is 10.1. The number of hydrogen-bond acceptors (Lipinski definition) is 2. The van der Waals surface area contributed by atoms with Crippen LogP contribution in [0.3, 0.4) is 0 Å². The molecule has 1 heterocycles. The molecule has 0 radical (unpaired) electrons. The highest BCUT2D eigenvalue weighted by Gasteiger charge is 2.26. The highest BCUT2D eigenvalue weighted by Crippen LogP contribution is 2.28. The lowest BCUT2D eigenvalue weighted by molar-refractivity contribution is 0.289. The molecule has 0 unspecified atom stereocenters. The zero-order valence-electron chi connectivity index (χ0n) is 8.91. The van der Waals surface area contributed by atoms with E-state index in [0.29, 0.717) is 19.0 Å². The third kappa shape index (κ3) is 2.61. The topological polar surface area (TPSA) is 57.6 Å². The molecule has 0 amide bonds. The molecular formula is C11H15NO3S. The van der Waals surface area contributed by atoms with Gasteiger partial charge in [-0.2, -0.15) is 12.7 Å². The first-order valence-electron chi connectivity index (χ1n) is 5.35. The zero-order valence-corrected chi connectivity index (χ0v) is 9.73. The van der Waals surface area contributed by atoms with Crippen molar-refractivity contribution in [1.29, 1.82) is 0 Å². The minimum absolute atomic E-state index is 0.401. The fourth-order valence-electron chi connectivity index (χ4n) is 2.15. The maximum absolute atomic E-state index is 10.9. The second-order valence-electron chi connectivity index (χ2n) is 4.06. The summed E-state index contributed by atoms with van der Waals surface area (Å²) in [5, 5.41) is 0. The van der Waals surface area contributed by atoms with E-state index in [1.807, 2.05) is 18.2 Å². The summed E-state index contributed by atoms with van der Waals surface area (Å²) in [7, 11) is -4.00. The average molecular weight is 241 g/mol. The maximum Gasteiger partial charge on any atom is 0.335 e. The number of piperidine rings is 1. The minimum Gasteiger partial charge on any atom is -0.273 e. The molecule has 1 aromatic carbocycles. The van der Waals surface area contributed by atoms with Crippen molar-refractivity contribution in [3.8, 4) is 0 Å². The third-order valence-corrected chi connectivity index (χ3v) is 4.07. The van der Waals surface area contributed by atoms with Crippen molar-refractivity contribution in [3.05, 3.63) is 35.9 Å². The third-order valence-electron chi connectivity index (χ3n) is 3.05. The molecule has 0 saturated carbocycles. The number of benzene rings is 1. The largest absolute Gasteiger partial charge is 0.335 e. The van der Waals surface area contributed by atoms with Gasteiger partial charge in [0.2, 0.25) is 0 Å². The Morgan fingerprint density at radius 3 is 2.19 bits per heavy atom. The maximum atomic E-state index is 10.9. The highest BCUT2D eigenvalue weighted by atomic mass is 32.2. The van der Waals surface area contributed by atoms with Crippen molar-refractivity contribution in [1.82, 2.24) is 4.31 Å². The Morgan fingerprint density at radius 1 is 1.12 bits per heavy atom. The van der Waals surface area contributed by atoms with Gasteiger partial charge < -0.3 is 0 Å². The average Bonchev–Trinajstić information content (AvgIpc) is 2.29. The Hall–Kier alpha value is -0.910. The Bertz CT molecular complexity index is 436. The van der Waals surface area contributed by atoms with Gasteiger partial charge >= 0.3 is 10.3 Å². The normalized spacial score (nSPS) is 19.8. The monoisotopic (exact) mass is 241 g/mol. The summed E-state index contributed by atoms with van der Waals surface area (Å²) in [4.78, 5) is 0. The lowest BCUT2D eigenvalue weighted by atomic mass is 9.90. The van der Waals surface area contributed by atoms with Crippen LogP contribution in [0, 0.1) is 0 Å². The van der Waals surface area contributed by atoms with Crippen LogP contribution in [0.4, 0.5) is 0 Å². The zero-order chi connectivity index (χ0) is 11.6. The predicted octanol–water partition coefficient (Wildman–Crippen LogP) is 1.67. The Kier molecular flexibility index (Phi) is 3.28. The fourth-order valence-corrected chi connectivity index (χ4v) is 2.82. The van der Waals surface area contributed by atoms with Gasteiger partial charge in [-0.25, -0.2) is 0 Å². The molecule has 0 bridgehead atoms. The smallest absolute Gasteiger partial charge is 0.273 e. The highest BCUT2D eigenvalue weighted by molar-refractivity contribution is 7.83. The molecule has 0 atom stereocenters. The Morgan fingerprint density at radius 2 is 1.69 bits per heavy atom. The summed E-state index contributed by atoms with van der Waals surface area (Å²) in [6.45, 7) is 0.802. The van der Waals surface area contributed by atoms with Crippen LogP contribution in [0.25, 0.3) is 0 Å². The summed E-state index contributed by atoms with van der Waals surface area (Å²) < 4.78 is 31.9. The van der Waals surface area contributed by atoms with Crippen molar-refractivity contribution in [2.45, 2.75) is 18.8 Å². The minimum atomic E-state index is -4.00. The van der Waals surface area contributed by atoms with E-state index in [4.69, 9.17) is 4.55 Å². The molecule has 0 aromatic heterocycles. The van der Waals surface area contributed by atoms with Crippen LogP contribution in [-0.2, 0) is 10.3 Å². The van der Waals surface area contributed by atoms with E-state index in [0.717, 1.165) is 17.1 Å². The molecule has 1 N–H and O–H groups in total. The predicted molar refractivity (Wildman–Crippen MR) is 61.5 cm³/mol. The summed E-state index contributed by atoms with van der Waals surface area (Å²) in [6.07, 6.45) is 1.54. The van der Waals surface area contributed by atoms with Crippen LogP contribution in [0.2, 0.25) is 0 Å². The number of rotatable bonds is 2. The van der Waals surface area contributed by atoms with Crippen LogP contribution >= 0.6 is 0 Å². The lowest BCUT2D eigenvalue weighted by Crippen LogP contribution is -2.37. The first-order chi connectivity index (χ1) is 7.57. The molecule has 1 aliphatic heterocycles. The molecule has 0 aliphatic carbocycles. The number of nitrogens with zero attached hydrogens (tertiary/aromatic N) is 1. The second-order valence-corrected chi connectivity index (χ2v) is 5.47. The van der Waals surface area contributed by atoms with Crippen molar-refractivity contribution in [2.75, 3.05) is 13.1 Å². The van der Waals surface area contributed by atoms with E-state index in [9.17, 15) is 8.42 Å². The van der Waals surface area contributed by atoms with Gasteiger partial charge in [0.15, 0.2) is 0 Å². The van der Waals surface area contributed by atoms with Gasteiger partial charge in [-0.3, -0.25) is 4.55 Å². The molecule has 1 aromatic rings. The van der Waals surface area contributed by atoms with Gasteiger partial charge in [-0.15, -0.1) is 0 Å². The Labute approximate surface area is 95.8 Å². The van der Waals surface area contributed by atoms with Gasteiger partial charge in [0.25, 0.3) is 0 Å². The van der Waals surface area contributed by atoms with E-state index >= 15 is 0 Å². The molecule has 1 fully saturated rings. The van der Waals surface area contributed by atoms with Gasteiger partial charge in [-0.1, -0.05) is 30.3 Å². The Balaban J connectivity index is 2.01. The van der Waals surface area contributed by atoms with Crippen molar-refractivity contribution in [3.63, 3.8) is 0 Å². The molecule has 1 saturated heterocycles. The van der Waals surface area contributed by atoms with Gasteiger partial charge in [0.05, 0.1) is 0 Å². The summed E-state index contributed by atoms with van der Waals surface area (Å²) in [5.74, 6) is 0.402. The van der Waals surface area contributed by atoms with Crippen molar-refractivity contribution in [2.24, 2.45) is 0 Å². The van der Waals surface area contributed by atoms with Crippen LogP contribution < -0.4 is 0 Å². The number of hydrogen-bond donors (Lipinski definition) is 1. The quantitative estimate of drug-likeness (QED) is 0.801. The van der Waals surface area contributed by atoms with E-state index in [1.165, 1.54) is 5.56 Å². The SMILES string of the molecule is O=S(=O)(O)N1CCC(c2ccccc2)CC1. The van der Waals surface area contributed by atoms with Crippen LogP contribution in [0.5, 0.6) is 0 Å². The lowest BCUT2D eigenvalue weighted by Gasteiger charge is -2.29. The second kappa shape index (κ2) is 4.53. The van der Waals surface area contributed by atoms with Gasteiger partial charge in [-0.05, 0) is 24.3 Å². The summed E-state index contributed by atoms with van der Waals surface area (Å²) >= 11 is 0. The molecule has 2 rings (SSSR count). The van der Waals surface area contributed by atoms with Gasteiger partial charge in [0.1, 0.15) is 0 Å². The van der Waals surface area contributed by atoms with E-state index in [-0.39, 0.29) is 0 Å². The first-order valence-corrected chi connectivity index (χ1v) is 6.74. The fraction of sp³-hybridized carbons (Fsp3) is 0.455.